The van der Waals surface area contributed by atoms with Gasteiger partial charge in [0.15, 0.2) is 6.04 Å². The maximum atomic E-state index is 13.6. The number of carboxylic acid groups (broad SMARTS) is 3. The smallest absolute Gasteiger partial charge is 0.328 e. The molecule has 21 nitrogen and oxygen atoms in total. The Bertz CT molecular complexity index is 1290. The Kier molecular flexibility index (Phi) is 20.7. The van der Waals surface area contributed by atoms with Crippen LogP contribution in [0.2, 0.25) is 0 Å². The summed E-state index contributed by atoms with van der Waals surface area (Å²) >= 11 is 0. The number of amides is 6. The fourth-order valence-electron chi connectivity index (χ4n) is 4.53. The van der Waals surface area contributed by atoms with E-state index in [1.54, 1.807) is 27.7 Å². The molecule has 0 spiro atoms. The largest absolute Gasteiger partial charge is 0.481 e. The minimum atomic E-state index is -1.78. The molecule has 0 unspecified atom stereocenters. The average molecular weight is 748 g/mol. The van der Waals surface area contributed by atoms with Gasteiger partial charge in [-0.1, -0.05) is 34.1 Å². The lowest BCUT2D eigenvalue weighted by Crippen LogP contribution is -2.61. The van der Waals surface area contributed by atoms with Crippen LogP contribution < -0.4 is 37.6 Å². The second kappa shape index (κ2) is 22.8. The Labute approximate surface area is 300 Å². The SMILES string of the molecule is CC[C@H](C)[C@H](NC(=O)[C@H](CO)NC(=O)[C@H](C)NC(=O)[C@@H](N)CC(=O)O)C(=O)N[C@@H](CC(C)C)C(=O)N[C@@H](CCC(=O)O)C(=O)N[C@H](C(=O)O)[C@@H](C)O. The van der Waals surface area contributed by atoms with E-state index >= 15 is 0 Å². The van der Waals surface area contributed by atoms with Crippen LogP contribution in [0.5, 0.6) is 0 Å². The third-order valence-electron chi connectivity index (χ3n) is 7.76. The van der Waals surface area contributed by atoms with Crippen molar-refractivity contribution in [3.8, 4) is 0 Å². The molecule has 13 N–H and O–H groups in total. The number of rotatable bonds is 24. The Balaban J connectivity index is 6.03. The highest BCUT2D eigenvalue weighted by Gasteiger charge is 2.35. The van der Waals surface area contributed by atoms with Crippen LogP contribution in [0, 0.1) is 11.8 Å². The number of carbonyl (C=O) groups excluding carboxylic acids is 6. The first kappa shape index (κ1) is 47.1. The van der Waals surface area contributed by atoms with E-state index in [4.69, 9.17) is 15.9 Å². The summed E-state index contributed by atoms with van der Waals surface area (Å²) in [6.45, 7) is 8.10. The Morgan fingerprint density at radius 1 is 0.615 bits per heavy atom. The van der Waals surface area contributed by atoms with Gasteiger partial charge in [0.1, 0.15) is 30.2 Å². The van der Waals surface area contributed by atoms with E-state index in [0.29, 0.717) is 6.42 Å². The molecule has 0 aromatic carbocycles. The molecular weight excluding hydrogens is 694 g/mol. The highest BCUT2D eigenvalue weighted by atomic mass is 16.4. The number of aliphatic hydroxyl groups excluding tert-OH is 2. The van der Waals surface area contributed by atoms with Crippen LogP contribution in [0.15, 0.2) is 0 Å². The number of nitrogens with one attached hydrogen (secondary N) is 6. The summed E-state index contributed by atoms with van der Waals surface area (Å²) in [6.07, 6.45) is -3.03. The maximum absolute atomic E-state index is 13.6. The average Bonchev–Trinajstić information content (AvgIpc) is 3.04. The third kappa shape index (κ3) is 16.9. The fraction of sp³-hybridized carbons (Fsp3) is 0.710. The van der Waals surface area contributed by atoms with E-state index in [9.17, 15) is 58.5 Å². The fourth-order valence-corrected chi connectivity index (χ4v) is 4.53. The lowest BCUT2D eigenvalue weighted by molar-refractivity contribution is -0.145. The van der Waals surface area contributed by atoms with E-state index in [2.05, 4.69) is 31.9 Å². The Hall–Kier alpha value is -4.89. The lowest BCUT2D eigenvalue weighted by Gasteiger charge is -2.29. The van der Waals surface area contributed by atoms with Gasteiger partial charge in [-0.3, -0.25) is 38.4 Å². The van der Waals surface area contributed by atoms with Gasteiger partial charge in [-0.15, -0.1) is 0 Å². The monoisotopic (exact) mass is 747 g/mol. The molecule has 0 rings (SSSR count). The number of nitrogens with two attached hydrogens (primary N) is 1. The summed E-state index contributed by atoms with van der Waals surface area (Å²) in [6, 6.07) is -10.5. The molecule has 0 aromatic rings. The van der Waals surface area contributed by atoms with Gasteiger partial charge in [0.2, 0.25) is 35.4 Å². The second-order valence-electron chi connectivity index (χ2n) is 12.8. The van der Waals surface area contributed by atoms with Crippen molar-refractivity contribution >= 4 is 53.4 Å². The van der Waals surface area contributed by atoms with Crippen molar-refractivity contribution < 1.29 is 68.7 Å². The molecule has 21 heteroatoms. The highest BCUT2D eigenvalue weighted by Crippen LogP contribution is 2.12. The number of hydrogen-bond donors (Lipinski definition) is 12. The normalized spacial score (nSPS) is 16.3. The first-order valence-electron chi connectivity index (χ1n) is 16.6. The van der Waals surface area contributed by atoms with Crippen molar-refractivity contribution in [3.63, 3.8) is 0 Å². The molecule has 0 saturated heterocycles. The van der Waals surface area contributed by atoms with Gasteiger partial charge in [0, 0.05) is 6.42 Å². The van der Waals surface area contributed by atoms with Gasteiger partial charge < -0.3 is 63.2 Å². The van der Waals surface area contributed by atoms with Gasteiger partial charge in [-0.2, -0.15) is 0 Å². The van der Waals surface area contributed by atoms with E-state index < -0.39 is 134 Å². The summed E-state index contributed by atoms with van der Waals surface area (Å²) in [7, 11) is 0. The number of hydrogen-bond acceptors (Lipinski definition) is 12. The van der Waals surface area contributed by atoms with Crippen LogP contribution in [0.25, 0.3) is 0 Å². The minimum absolute atomic E-state index is 0.00745. The number of carboxylic acids is 3. The van der Waals surface area contributed by atoms with Crippen LogP contribution in [-0.2, 0) is 43.2 Å². The first-order chi connectivity index (χ1) is 24.0. The summed E-state index contributed by atoms with van der Waals surface area (Å²) in [4.78, 5) is 111. The van der Waals surface area contributed by atoms with Gasteiger partial charge in [-0.05, 0) is 38.5 Å². The van der Waals surface area contributed by atoms with Crippen molar-refractivity contribution in [2.45, 2.75) is 122 Å². The van der Waals surface area contributed by atoms with Gasteiger partial charge in [0.25, 0.3) is 0 Å². The number of aliphatic hydroxyl groups is 2. The molecule has 0 radical (unpaired) electrons. The number of aliphatic carboxylic acids is 3. The van der Waals surface area contributed by atoms with E-state index in [1.165, 1.54) is 6.92 Å². The van der Waals surface area contributed by atoms with Crippen LogP contribution >= 0.6 is 0 Å². The van der Waals surface area contributed by atoms with Crippen molar-refractivity contribution in [2.24, 2.45) is 17.6 Å². The maximum Gasteiger partial charge on any atom is 0.328 e. The molecule has 0 heterocycles. The van der Waals surface area contributed by atoms with Gasteiger partial charge in [0.05, 0.1) is 25.2 Å². The summed E-state index contributed by atoms with van der Waals surface area (Å²) in [5.41, 5.74) is 5.49. The molecule has 296 valence electrons. The van der Waals surface area contributed by atoms with Crippen LogP contribution in [-0.4, -0.2) is 134 Å². The molecule has 0 aliphatic rings. The standard InChI is InChI=1S/C31H53N7O14/c1-7-14(4)23(37-29(49)20(12-39)36-25(45)15(5)33-26(46)17(32)11-22(43)44)30(50)35-19(10-13(2)3)28(48)34-18(8-9-21(41)42)27(47)38-24(16(6)40)31(51)52/h13-20,23-24,39-40H,7-12,32H2,1-6H3,(H,33,46)(H,34,48)(H,35,50)(H,36,45)(H,37,49)(H,38,47)(H,41,42)(H,43,44)(H,51,52)/t14-,15-,16+,17-,18-,19-,20-,23-,24-/m0/s1. The molecule has 0 bridgehead atoms. The zero-order valence-corrected chi connectivity index (χ0v) is 30.0. The molecule has 0 aromatic heterocycles. The molecule has 0 aliphatic carbocycles. The lowest BCUT2D eigenvalue weighted by atomic mass is 9.96. The predicted octanol–water partition coefficient (Wildman–Crippen LogP) is -3.87. The van der Waals surface area contributed by atoms with Crippen LogP contribution in [0.4, 0.5) is 0 Å². The summed E-state index contributed by atoms with van der Waals surface area (Å²) < 4.78 is 0. The Morgan fingerprint density at radius 3 is 1.58 bits per heavy atom. The van der Waals surface area contributed by atoms with E-state index in [-0.39, 0.29) is 12.3 Å². The molecular formula is C31H53N7O14. The zero-order chi connectivity index (χ0) is 40.5. The molecule has 6 amide bonds. The second-order valence-corrected chi connectivity index (χ2v) is 12.8. The molecule has 0 saturated carbocycles. The van der Waals surface area contributed by atoms with Crippen LogP contribution in [0.3, 0.4) is 0 Å². The molecule has 0 fully saturated rings. The molecule has 9 atom stereocenters. The predicted molar refractivity (Wildman–Crippen MR) is 180 cm³/mol. The van der Waals surface area contributed by atoms with E-state index in [1.807, 2.05) is 0 Å². The minimum Gasteiger partial charge on any atom is -0.481 e. The van der Waals surface area contributed by atoms with E-state index in [0.717, 1.165) is 6.92 Å². The van der Waals surface area contributed by atoms with Gasteiger partial charge in [-0.25, -0.2) is 4.79 Å². The van der Waals surface area contributed by atoms with Crippen molar-refractivity contribution in [1.29, 1.82) is 0 Å². The van der Waals surface area contributed by atoms with Gasteiger partial charge >= 0.3 is 17.9 Å². The van der Waals surface area contributed by atoms with Crippen molar-refractivity contribution in [1.82, 2.24) is 31.9 Å². The highest BCUT2D eigenvalue weighted by molar-refractivity contribution is 5.97. The van der Waals surface area contributed by atoms with Crippen molar-refractivity contribution in [2.75, 3.05) is 6.61 Å². The molecule has 52 heavy (non-hydrogen) atoms. The zero-order valence-electron chi connectivity index (χ0n) is 30.0. The topological polar surface area (TPSA) is 353 Å². The first-order valence-corrected chi connectivity index (χ1v) is 16.6. The number of carbonyl (C=O) groups is 9. The Morgan fingerprint density at radius 2 is 1.12 bits per heavy atom. The molecule has 0 aliphatic heterocycles. The summed E-state index contributed by atoms with van der Waals surface area (Å²) in [5, 5.41) is 60.7. The third-order valence-corrected chi connectivity index (χ3v) is 7.76. The summed E-state index contributed by atoms with van der Waals surface area (Å²) in [5.74, 6) is -10.9. The quantitative estimate of drug-likeness (QED) is 0.0449. The van der Waals surface area contributed by atoms with Crippen molar-refractivity contribution in [3.05, 3.63) is 0 Å². The van der Waals surface area contributed by atoms with Crippen LogP contribution in [0.1, 0.15) is 73.6 Å².